The first kappa shape index (κ1) is 21.1. The van der Waals surface area contributed by atoms with E-state index in [0.717, 1.165) is 36.1 Å². The molecule has 0 unspecified atom stereocenters. The highest BCUT2D eigenvalue weighted by molar-refractivity contribution is 9.10. The van der Waals surface area contributed by atoms with Gasteiger partial charge in [0.25, 0.3) is 5.91 Å². The molecule has 0 bridgehead atoms. The van der Waals surface area contributed by atoms with E-state index in [2.05, 4.69) is 21.2 Å². The van der Waals surface area contributed by atoms with Crippen molar-refractivity contribution in [3.8, 4) is 11.8 Å². The molecule has 29 heavy (non-hydrogen) atoms. The van der Waals surface area contributed by atoms with Gasteiger partial charge in [0.15, 0.2) is 0 Å². The fraction of sp³-hybridized carbons (Fsp3) is 0.286. The highest BCUT2D eigenvalue weighted by Gasteiger charge is 2.27. The normalized spacial score (nSPS) is 13.2. The summed E-state index contributed by atoms with van der Waals surface area (Å²) in [5.74, 6) is -0.388. The number of amides is 1. The first-order valence-electron chi connectivity index (χ1n) is 8.98. The smallest absolute Gasteiger partial charge is 0.341 e. The Balaban J connectivity index is 1.90. The van der Waals surface area contributed by atoms with E-state index in [0.29, 0.717) is 26.4 Å². The van der Waals surface area contributed by atoms with Crippen LogP contribution in [0.25, 0.3) is 6.08 Å². The third-order valence-corrected chi connectivity index (χ3v) is 6.47. The van der Waals surface area contributed by atoms with Crippen LogP contribution in [-0.4, -0.2) is 26.1 Å². The van der Waals surface area contributed by atoms with E-state index in [1.165, 1.54) is 24.5 Å². The monoisotopic (exact) mass is 474 g/mol. The van der Waals surface area contributed by atoms with Crippen LogP contribution in [0.15, 0.2) is 28.2 Å². The molecular weight excluding hydrogens is 456 g/mol. The van der Waals surface area contributed by atoms with E-state index in [1.807, 2.05) is 6.07 Å². The molecule has 3 rings (SSSR count). The summed E-state index contributed by atoms with van der Waals surface area (Å²) in [4.78, 5) is 26.2. The first-order valence-corrected chi connectivity index (χ1v) is 10.6. The van der Waals surface area contributed by atoms with Gasteiger partial charge >= 0.3 is 5.97 Å². The average Bonchev–Trinajstić information content (AvgIpc) is 3.09. The van der Waals surface area contributed by atoms with Crippen molar-refractivity contribution in [2.45, 2.75) is 25.7 Å². The molecule has 1 aromatic heterocycles. The lowest BCUT2D eigenvalue weighted by molar-refractivity contribution is -0.112. The number of ether oxygens (including phenoxy) is 2. The maximum absolute atomic E-state index is 12.7. The predicted molar refractivity (Wildman–Crippen MR) is 115 cm³/mol. The van der Waals surface area contributed by atoms with Gasteiger partial charge in [-0.2, -0.15) is 5.26 Å². The Morgan fingerprint density at radius 2 is 2.03 bits per heavy atom. The molecule has 2 aromatic rings. The van der Waals surface area contributed by atoms with E-state index >= 15 is 0 Å². The second-order valence-electron chi connectivity index (χ2n) is 6.42. The van der Waals surface area contributed by atoms with Crippen molar-refractivity contribution in [2.24, 2.45) is 0 Å². The third kappa shape index (κ3) is 4.52. The summed E-state index contributed by atoms with van der Waals surface area (Å²) in [6.45, 7) is 0. The van der Waals surface area contributed by atoms with Crippen LogP contribution in [0.1, 0.15) is 39.2 Å². The lowest BCUT2D eigenvalue weighted by Crippen LogP contribution is -2.16. The van der Waals surface area contributed by atoms with Gasteiger partial charge in [0.05, 0.1) is 24.3 Å². The number of nitrogens with zero attached hydrogens (tertiary/aromatic N) is 1. The number of halogens is 1. The zero-order valence-electron chi connectivity index (χ0n) is 16.0. The molecule has 1 amide bonds. The van der Waals surface area contributed by atoms with Gasteiger partial charge in [-0.25, -0.2) is 4.79 Å². The molecule has 0 saturated carbocycles. The van der Waals surface area contributed by atoms with Gasteiger partial charge < -0.3 is 14.8 Å². The quantitative estimate of drug-likeness (QED) is 0.384. The number of anilines is 1. The number of carbonyl (C=O) groups excluding carboxylic acids is 2. The Morgan fingerprint density at radius 3 is 2.69 bits per heavy atom. The number of nitriles is 1. The second kappa shape index (κ2) is 9.25. The number of esters is 1. The molecule has 1 aromatic carbocycles. The zero-order chi connectivity index (χ0) is 21.0. The second-order valence-corrected chi connectivity index (χ2v) is 8.38. The van der Waals surface area contributed by atoms with Crippen LogP contribution < -0.4 is 10.1 Å². The molecule has 1 N–H and O–H groups in total. The Morgan fingerprint density at radius 1 is 1.28 bits per heavy atom. The maximum Gasteiger partial charge on any atom is 0.341 e. The molecule has 0 spiro atoms. The van der Waals surface area contributed by atoms with Crippen molar-refractivity contribution in [1.29, 1.82) is 5.26 Å². The Hall–Kier alpha value is -2.63. The predicted octanol–water partition coefficient (Wildman–Crippen LogP) is 4.73. The summed E-state index contributed by atoms with van der Waals surface area (Å²) in [6.07, 6.45) is 5.20. The van der Waals surface area contributed by atoms with Gasteiger partial charge in [-0.05, 0) is 70.9 Å². The van der Waals surface area contributed by atoms with Crippen LogP contribution in [0, 0.1) is 11.3 Å². The topological polar surface area (TPSA) is 88.4 Å². The molecule has 1 heterocycles. The summed E-state index contributed by atoms with van der Waals surface area (Å²) in [7, 11) is 2.88. The van der Waals surface area contributed by atoms with Gasteiger partial charge in [-0.15, -0.1) is 11.3 Å². The van der Waals surface area contributed by atoms with E-state index in [9.17, 15) is 14.9 Å². The number of carbonyl (C=O) groups is 2. The minimum atomic E-state index is -0.566. The number of aryl methyl sites for hydroxylation is 1. The lowest BCUT2D eigenvalue weighted by atomic mass is 9.95. The van der Waals surface area contributed by atoms with Gasteiger partial charge in [-0.1, -0.05) is 6.07 Å². The van der Waals surface area contributed by atoms with E-state index in [4.69, 9.17) is 9.47 Å². The molecular formula is C21H19BrN2O4S. The third-order valence-electron chi connectivity index (χ3n) is 4.64. The Labute approximate surface area is 181 Å². The van der Waals surface area contributed by atoms with Crippen molar-refractivity contribution >= 4 is 50.2 Å². The number of hydrogen-bond donors (Lipinski definition) is 1. The van der Waals surface area contributed by atoms with Crippen molar-refractivity contribution < 1.29 is 19.1 Å². The van der Waals surface area contributed by atoms with E-state index in [1.54, 1.807) is 25.3 Å². The first-order chi connectivity index (χ1) is 14.0. The molecule has 0 saturated heterocycles. The molecule has 6 nitrogen and oxygen atoms in total. The average molecular weight is 475 g/mol. The molecule has 0 fully saturated rings. The molecule has 150 valence electrons. The number of thiophene rings is 1. The Kier molecular flexibility index (Phi) is 6.72. The number of nitrogens with one attached hydrogen (secondary N) is 1. The fourth-order valence-electron chi connectivity index (χ4n) is 3.23. The molecule has 8 heteroatoms. The lowest BCUT2D eigenvalue weighted by Gasteiger charge is -2.11. The largest absolute Gasteiger partial charge is 0.496 e. The van der Waals surface area contributed by atoms with Gasteiger partial charge in [0.2, 0.25) is 0 Å². The molecule has 1 aliphatic rings. The van der Waals surface area contributed by atoms with Crippen molar-refractivity contribution in [3.63, 3.8) is 0 Å². The van der Waals surface area contributed by atoms with E-state index in [-0.39, 0.29) is 5.57 Å². The molecule has 0 radical (unpaired) electrons. The standard InChI is InChI=1S/C21H19BrN2O4S/c1-27-16-8-7-12(10-15(16)22)9-13(11-23)19(25)24-20-18(21(26)28-2)14-5-3-4-6-17(14)29-20/h7-10H,3-6H2,1-2H3,(H,24,25)/b13-9-. The number of rotatable bonds is 5. The van der Waals surface area contributed by atoms with Crippen LogP contribution in [-0.2, 0) is 22.4 Å². The Bertz CT molecular complexity index is 1040. The van der Waals surface area contributed by atoms with Gasteiger partial charge in [0.1, 0.15) is 22.4 Å². The molecule has 0 atom stereocenters. The minimum absolute atomic E-state index is 0.0655. The number of methoxy groups -OCH3 is 2. The summed E-state index contributed by atoms with van der Waals surface area (Å²) in [5.41, 5.74) is 1.96. The fourth-order valence-corrected chi connectivity index (χ4v) is 5.06. The van der Waals surface area contributed by atoms with E-state index < -0.39 is 11.9 Å². The SMILES string of the molecule is COC(=O)c1c(NC(=O)/C(C#N)=C\c2ccc(OC)c(Br)c2)sc2c1CCCC2. The van der Waals surface area contributed by atoms with Crippen LogP contribution >= 0.6 is 27.3 Å². The van der Waals surface area contributed by atoms with Crippen LogP contribution in [0.2, 0.25) is 0 Å². The minimum Gasteiger partial charge on any atom is -0.496 e. The molecule has 0 aliphatic heterocycles. The molecule has 1 aliphatic carbocycles. The van der Waals surface area contributed by atoms with Gasteiger partial charge in [0, 0.05) is 4.88 Å². The summed E-state index contributed by atoms with van der Waals surface area (Å²) in [5, 5.41) is 12.7. The summed E-state index contributed by atoms with van der Waals surface area (Å²) >= 11 is 4.77. The van der Waals surface area contributed by atoms with Crippen molar-refractivity contribution in [1.82, 2.24) is 0 Å². The van der Waals surface area contributed by atoms with Crippen LogP contribution in [0.3, 0.4) is 0 Å². The zero-order valence-corrected chi connectivity index (χ0v) is 18.4. The number of hydrogen-bond acceptors (Lipinski definition) is 6. The van der Waals surface area contributed by atoms with Gasteiger partial charge in [-0.3, -0.25) is 4.79 Å². The number of fused-ring (bicyclic) bond motifs is 1. The van der Waals surface area contributed by atoms with Crippen LogP contribution in [0.5, 0.6) is 5.75 Å². The van der Waals surface area contributed by atoms with Crippen molar-refractivity contribution in [2.75, 3.05) is 19.5 Å². The number of benzene rings is 1. The maximum atomic E-state index is 12.7. The summed E-state index contributed by atoms with van der Waals surface area (Å²) < 4.78 is 10.8. The van der Waals surface area contributed by atoms with Crippen molar-refractivity contribution in [3.05, 3.63) is 49.8 Å². The van der Waals surface area contributed by atoms with Crippen LogP contribution in [0.4, 0.5) is 5.00 Å². The summed E-state index contributed by atoms with van der Waals surface area (Å²) in [6, 6.07) is 7.18. The highest BCUT2D eigenvalue weighted by Crippen LogP contribution is 2.38. The highest BCUT2D eigenvalue weighted by atomic mass is 79.9.